The van der Waals surface area contributed by atoms with Crippen LogP contribution < -0.4 is 122 Å². The monoisotopic (exact) mass is 655 g/mol. The summed E-state index contributed by atoms with van der Waals surface area (Å²) in [5.74, 6) is -1.70. The van der Waals surface area contributed by atoms with Gasteiger partial charge in [-0.25, -0.2) is 0 Å². The van der Waals surface area contributed by atoms with Gasteiger partial charge in [0.1, 0.15) is 11.6 Å². The first kappa shape index (κ1) is 37.5. The number of ether oxygens (including phenoxy) is 1. The van der Waals surface area contributed by atoms with Crippen LogP contribution in [0.15, 0.2) is 24.3 Å². The number of ketones is 2. The van der Waals surface area contributed by atoms with Crippen LogP contribution in [-0.2, 0) is 35.1 Å². The smallest absolute Gasteiger partial charge is 0.651 e. The largest absolute Gasteiger partial charge is 1.00 e. The van der Waals surface area contributed by atoms with E-state index in [4.69, 9.17) is 4.74 Å². The number of carbonyl (C=O) groups excluding carboxylic acids is 5. The van der Waals surface area contributed by atoms with E-state index >= 15 is 0 Å². The SMILES string of the molecule is CCCNC(=O)CCCOCC[N-]C(=O)CC(=O)[N-]c1ccc(CC(=O)C2CCCCC2=O)cc1.[Rb+].[Rb+]. The van der Waals surface area contributed by atoms with Crippen molar-refractivity contribution in [3.63, 3.8) is 0 Å². The molecule has 0 radical (unpaired) electrons. The summed E-state index contributed by atoms with van der Waals surface area (Å²) in [6, 6.07) is 6.63. The molecule has 1 N–H and O–H groups in total. The average molecular weight is 657 g/mol. The van der Waals surface area contributed by atoms with Crippen molar-refractivity contribution in [1.29, 1.82) is 0 Å². The van der Waals surface area contributed by atoms with E-state index in [1.807, 2.05) is 6.92 Å². The second kappa shape index (κ2) is 22.3. The van der Waals surface area contributed by atoms with Crippen LogP contribution in [0.25, 0.3) is 10.6 Å². The number of amides is 3. The van der Waals surface area contributed by atoms with Crippen LogP contribution in [0.4, 0.5) is 5.69 Å². The number of carbonyl (C=O) groups is 5. The Kier molecular flexibility index (Phi) is 22.6. The summed E-state index contributed by atoms with van der Waals surface area (Å²) in [5.41, 5.74) is 1.14. The molecule has 1 fully saturated rings. The van der Waals surface area contributed by atoms with Crippen molar-refractivity contribution < 1.29 is 145 Å². The molecule has 0 aromatic heterocycles. The first-order valence-corrected chi connectivity index (χ1v) is 12.3. The van der Waals surface area contributed by atoms with Crippen molar-refractivity contribution >= 4 is 35.0 Å². The molecule has 9 nitrogen and oxygen atoms in total. The number of hydrogen-bond acceptors (Lipinski definition) is 6. The molecule has 0 heterocycles. The Morgan fingerprint density at radius 2 is 1.76 bits per heavy atom. The molecular weight excluding hydrogens is 621 g/mol. The molecule has 192 valence electrons. The van der Waals surface area contributed by atoms with Crippen molar-refractivity contribution in [2.24, 2.45) is 5.92 Å². The Bertz CT molecular complexity index is 880. The Labute approximate surface area is 317 Å². The number of Topliss-reactive ketones (excluding diaryl/α,β-unsaturated/α-hetero) is 2. The molecule has 1 aromatic rings. The molecule has 0 spiro atoms. The summed E-state index contributed by atoms with van der Waals surface area (Å²) < 4.78 is 5.35. The van der Waals surface area contributed by atoms with Crippen LogP contribution in [0.2, 0.25) is 0 Å². The average Bonchev–Trinajstić information content (AvgIpc) is 2.83. The molecule has 1 atom stereocenters. The maximum absolute atomic E-state index is 12.4. The van der Waals surface area contributed by atoms with Gasteiger partial charge in [-0.1, -0.05) is 37.6 Å². The van der Waals surface area contributed by atoms with E-state index in [9.17, 15) is 24.0 Å². The zero-order chi connectivity index (χ0) is 25.5. The van der Waals surface area contributed by atoms with Gasteiger partial charge < -0.3 is 30.3 Å². The van der Waals surface area contributed by atoms with Crippen LogP contribution >= 0.6 is 0 Å². The topological polar surface area (TPSA) is 135 Å². The third-order valence-electron chi connectivity index (χ3n) is 5.60. The van der Waals surface area contributed by atoms with Crippen LogP contribution in [0.3, 0.4) is 0 Å². The minimum atomic E-state index is -0.602. The molecule has 1 aliphatic rings. The van der Waals surface area contributed by atoms with E-state index < -0.39 is 24.2 Å². The fourth-order valence-electron chi connectivity index (χ4n) is 3.73. The normalized spacial score (nSPS) is 14.5. The van der Waals surface area contributed by atoms with E-state index in [1.165, 1.54) is 0 Å². The van der Waals surface area contributed by atoms with Gasteiger partial charge in [0.25, 0.3) is 0 Å². The molecule has 0 saturated heterocycles. The van der Waals surface area contributed by atoms with E-state index in [0.29, 0.717) is 44.5 Å². The molecule has 37 heavy (non-hydrogen) atoms. The summed E-state index contributed by atoms with van der Waals surface area (Å²) in [7, 11) is 0. The van der Waals surface area contributed by atoms with Crippen molar-refractivity contribution in [3.05, 3.63) is 40.5 Å². The Morgan fingerprint density at radius 1 is 1.03 bits per heavy atom. The van der Waals surface area contributed by atoms with E-state index in [2.05, 4.69) is 16.0 Å². The predicted molar refractivity (Wildman–Crippen MR) is 131 cm³/mol. The summed E-state index contributed by atoms with van der Waals surface area (Å²) in [6.07, 6.45) is 4.49. The van der Waals surface area contributed by atoms with Crippen molar-refractivity contribution in [1.82, 2.24) is 5.32 Å². The maximum Gasteiger partial charge on any atom is 1.00 e. The zero-order valence-corrected chi connectivity index (χ0v) is 32.3. The standard InChI is InChI=1S/C26H37N3O6.2Rb/c1-2-13-27-24(32)8-5-15-35-16-14-28-25(33)18-26(34)29-20-11-9-19(10-12-20)17-23(31)21-6-3-4-7-22(21)30;;/h9-12,21H,2-8,13-18H2,1H3,(H3,27,28,29,32,33,34);;/q;2*+1/p-2. The van der Waals surface area contributed by atoms with Gasteiger partial charge in [-0.3, -0.25) is 14.4 Å². The Morgan fingerprint density at radius 3 is 2.43 bits per heavy atom. The van der Waals surface area contributed by atoms with Crippen LogP contribution in [-0.4, -0.2) is 55.6 Å². The fourth-order valence-corrected chi connectivity index (χ4v) is 3.73. The number of nitrogens with zero attached hydrogens (tertiary/aromatic N) is 2. The molecule has 1 saturated carbocycles. The van der Waals surface area contributed by atoms with Gasteiger partial charge in [0.15, 0.2) is 0 Å². The quantitative estimate of drug-likeness (QED) is 0.167. The van der Waals surface area contributed by atoms with Crippen LogP contribution in [0.5, 0.6) is 0 Å². The predicted octanol–water partition coefficient (Wildman–Crippen LogP) is -2.29. The van der Waals surface area contributed by atoms with Crippen molar-refractivity contribution in [2.75, 3.05) is 26.3 Å². The van der Waals surface area contributed by atoms with Crippen LogP contribution in [0.1, 0.15) is 63.9 Å². The summed E-state index contributed by atoms with van der Waals surface area (Å²) >= 11 is 0. The Hall–Kier alpha value is 0.540. The number of nitrogens with one attached hydrogen (secondary N) is 1. The summed E-state index contributed by atoms with van der Waals surface area (Å²) in [5, 5.41) is 10.5. The zero-order valence-electron chi connectivity index (χ0n) is 22.4. The molecule has 1 unspecified atom stereocenters. The minimum Gasteiger partial charge on any atom is -0.651 e. The number of hydrogen-bond donors (Lipinski definition) is 1. The number of rotatable bonds is 15. The number of benzene rings is 1. The van der Waals surface area contributed by atoms with E-state index in [1.54, 1.807) is 24.3 Å². The van der Waals surface area contributed by atoms with Gasteiger partial charge >= 0.3 is 116 Å². The van der Waals surface area contributed by atoms with Gasteiger partial charge in [0.05, 0.1) is 17.7 Å². The minimum absolute atomic E-state index is 0. The van der Waals surface area contributed by atoms with E-state index in [0.717, 1.165) is 24.8 Å². The molecule has 0 bridgehead atoms. The fraction of sp³-hybridized carbons (Fsp3) is 0.577. The van der Waals surface area contributed by atoms with Gasteiger partial charge in [0.2, 0.25) is 5.91 Å². The molecule has 0 aliphatic heterocycles. The van der Waals surface area contributed by atoms with Gasteiger partial charge in [-0.05, 0) is 31.2 Å². The second-order valence-corrected chi connectivity index (χ2v) is 8.60. The van der Waals surface area contributed by atoms with E-state index in [-0.39, 0.29) is 153 Å². The van der Waals surface area contributed by atoms with Gasteiger partial charge in [-0.15, -0.1) is 12.2 Å². The van der Waals surface area contributed by atoms with Crippen molar-refractivity contribution in [3.8, 4) is 0 Å². The van der Waals surface area contributed by atoms with Gasteiger partial charge in [-0.2, -0.15) is 0 Å². The molecule has 3 amide bonds. The Balaban J connectivity index is 0.00000648. The summed E-state index contributed by atoms with van der Waals surface area (Å²) in [6.45, 7) is 3.43. The van der Waals surface area contributed by atoms with Crippen molar-refractivity contribution in [2.45, 2.75) is 64.7 Å². The molecule has 1 aromatic carbocycles. The molecule has 2 rings (SSSR count). The second-order valence-electron chi connectivity index (χ2n) is 8.60. The first-order valence-electron chi connectivity index (χ1n) is 12.3. The molecule has 1 aliphatic carbocycles. The third-order valence-corrected chi connectivity index (χ3v) is 5.60. The third kappa shape index (κ3) is 16.4. The summed E-state index contributed by atoms with van der Waals surface area (Å²) in [4.78, 5) is 59.7. The van der Waals surface area contributed by atoms with Gasteiger partial charge in [0, 0.05) is 45.4 Å². The first-order chi connectivity index (χ1) is 16.9. The van der Waals surface area contributed by atoms with Crippen LogP contribution in [0, 0.1) is 5.92 Å². The molecular formula is C26H35N3O6Rb2. The maximum atomic E-state index is 12.4. The molecule has 11 heteroatoms.